The van der Waals surface area contributed by atoms with Gasteiger partial charge in [-0.25, -0.2) is 8.42 Å². The number of amides is 1. The standard InChI is InChI=1S/C20H24N2O3S2/c1-17(26-16-18-8-4-2-5-9-18)20(23)21-12-14-22(15-13-21)27(24,25)19-10-6-3-7-11-19/h2-11,17H,12-16H2,1H3/t17-/m0/s1. The molecule has 27 heavy (non-hydrogen) atoms. The lowest BCUT2D eigenvalue weighted by Gasteiger charge is -2.35. The van der Waals surface area contributed by atoms with Crippen LogP contribution in [0.3, 0.4) is 0 Å². The Morgan fingerprint density at radius 1 is 0.963 bits per heavy atom. The van der Waals surface area contributed by atoms with E-state index in [-0.39, 0.29) is 11.2 Å². The van der Waals surface area contributed by atoms with Gasteiger partial charge in [0.15, 0.2) is 0 Å². The predicted octanol–water partition coefficient (Wildman–Crippen LogP) is 2.84. The lowest BCUT2D eigenvalue weighted by molar-refractivity contribution is -0.131. The third-order valence-electron chi connectivity index (χ3n) is 4.62. The molecule has 0 N–H and O–H groups in total. The molecule has 1 fully saturated rings. The van der Waals surface area contributed by atoms with Gasteiger partial charge in [-0.2, -0.15) is 4.31 Å². The predicted molar refractivity (Wildman–Crippen MR) is 109 cm³/mol. The molecule has 2 aromatic carbocycles. The van der Waals surface area contributed by atoms with Crippen molar-refractivity contribution in [1.29, 1.82) is 0 Å². The molecular formula is C20H24N2O3S2. The van der Waals surface area contributed by atoms with Crippen LogP contribution < -0.4 is 0 Å². The fourth-order valence-electron chi connectivity index (χ4n) is 3.01. The van der Waals surface area contributed by atoms with Crippen molar-refractivity contribution in [1.82, 2.24) is 9.21 Å². The van der Waals surface area contributed by atoms with Crippen molar-refractivity contribution in [2.24, 2.45) is 0 Å². The van der Waals surface area contributed by atoms with E-state index in [1.54, 1.807) is 47.0 Å². The van der Waals surface area contributed by atoms with Crippen molar-refractivity contribution < 1.29 is 13.2 Å². The molecule has 3 rings (SSSR count). The minimum Gasteiger partial charge on any atom is -0.339 e. The number of thioether (sulfide) groups is 1. The van der Waals surface area contributed by atoms with Gasteiger partial charge in [-0.3, -0.25) is 4.79 Å². The number of carbonyl (C=O) groups is 1. The summed E-state index contributed by atoms with van der Waals surface area (Å²) in [6.45, 7) is 3.45. The fourth-order valence-corrected chi connectivity index (χ4v) is 5.38. The van der Waals surface area contributed by atoms with Crippen LogP contribution in [-0.4, -0.2) is 55.0 Å². The SMILES string of the molecule is C[C@H](SCc1ccccc1)C(=O)N1CCN(S(=O)(=O)c2ccccc2)CC1. The molecule has 1 saturated heterocycles. The van der Waals surface area contributed by atoms with E-state index in [4.69, 9.17) is 0 Å². The van der Waals surface area contributed by atoms with E-state index in [9.17, 15) is 13.2 Å². The molecule has 1 heterocycles. The molecule has 1 atom stereocenters. The zero-order chi connectivity index (χ0) is 19.3. The Labute approximate surface area is 165 Å². The van der Waals surface area contributed by atoms with Crippen LogP contribution in [0.25, 0.3) is 0 Å². The second-order valence-corrected chi connectivity index (χ2v) is 9.75. The Morgan fingerprint density at radius 3 is 2.11 bits per heavy atom. The Kier molecular flexibility index (Phi) is 6.57. The first-order chi connectivity index (χ1) is 13.0. The lowest BCUT2D eigenvalue weighted by atomic mass is 10.2. The second kappa shape index (κ2) is 8.91. The maximum atomic E-state index is 12.7. The van der Waals surface area contributed by atoms with Gasteiger partial charge in [-0.15, -0.1) is 11.8 Å². The van der Waals surface area contributed by atoms with Gasteiger partial charge in [0.25, 0.3) is 0 Å². The van der Waals surface area contributed by atoms with Crippen molar-refractivity contribution in [3.63, 3.8) is 0 Å². The van der Waals surface area contributed by atoms with E-state index in [0.29, 0.717) is 31.1 Å². The molecule has 5 nitrogen and oxygen atoms in total. The van der Waals surface area contributed by atoms with Crippen LogP contribution in [0.4, 0.5) is 0 Å². The van der Waals surface area contributed by atoms with E-state index < -0.39 is 10.0 Å². The van der Waals surface area contributed by atoms with Gasteiger partial charge >= 0.3 is 0 Å². The first-order valence-electron chi connectivity index (χ1n) is 8.98. The number of carbonyl (C=O) groups excluding carboxylic acids is 1. The molecule has 0 aliphatic carbocycles. The van der Waals surface area contributed by atoms with Crippen molar-refractivity contribution in [2.75, 3.05) is 26.2 Å². The van der Waals surface area contributed by atoms with Crippen molar-refractivity contribution in [3.8, 4) is 0 Å². The average Bonchev–Trinajstić information content (AvgIpc) is 2.73. The number of rotatable bonds is 6. The Bertz CT molecular complexity index is 849. The summed E-state index contributed by atoms with van der Waals surface area (Å²) in [5.74, 6) is 0.864. The smallest absolute Gasteiger partial charge is 0.243 e. The molecule has 1 aliphatic rings. The van der Waals surface area contributed by atoms with E-state index in [1.165, 1.54) is 9.87 Å². The van der Waals surface area contributed by atoms with Gasteiger partial charge < -0.3 is 4.90 Å². The van der Waals surface area contributed by atoms with Crippen LogP contribution in [0.5, 0.6) is 0 Å². The van der Waals surface area contributed by atoms with Gasteiger partial charge in [0.2, 0.25) is 15.9 Å². The van der Waals surface area contributed by atoms with E-state index >= 15 is 0 Å². The molecule has 0 unspecified atom stereocenters. The summed E-state index contributed by atoms with van der Waals surface area (Å²) in [6.07, 6.45) is 0. The molecule has 144 valence electrons. The molecule has 0 radical (unpaired) electrons. The van der Waals surface area contributed by atoms with E-state index in [1.807, 2.05) is 25.1 Å². The Hall–Kier alpha value is -1.83. The minimum atomic E-state index is -3.49. The monoisotopic (exact) mass is 404 g/mol. The van der Waals surface area contributed by atoms with E-state index in [2.05, 4.69) is 12.1 Å². The zero-order valence-corrected chi connectivity index (χ0v) is 17.0. The van der Waals surface area contributed by atoms with Gasteiger partial charge in [0, 0.05) is 31.9 Å². The number of piperazine rings is 1. The molecule has 1 amide bonds. The van der Waals surface area contributed by atoms with Gasteiger partial charge in [-0.1, -0.05) is 48.5 Å². The second-order valence-electron chi connectivity index (χ2n) is 6.48. The first kappa shape index (κ1) is 19.9. The van der Waals surface area contributed by atoms with Crippen LogP contribution in [-0.2, 0) is 20.6 Å². The molecule has 0 bridgehead atoms. The Morgan fingerprint density at radius 2 is 1.52 bits per heavy atom. The third kappa shape index (κ3) is 4.91. The van der Waals surface area contributed by atoms with Gasteiger partial charge in [0.05, 0.1) is 10.1 Å². The topological polar surface area (TPSA) is 57.7 Å². The largest absolute Gasteiger partial charge is 0.339 e. The van der Waals surface area contributed by atoms with Gasteiger partial charge in [0.1, 0.15) is 0 Å². The average molecular weight is 405 g/mol. The van der Waals surface area contributed by atoms with Gasteiger partial charge in [-0.05, 0) is 24.6 Å². The van der Waals surface area contributed by atoms with Crippen LogP contribution in [0.15, 0.2) is 65.6 Å². The molecule has 0 spiro atoms. The highest BCUT2D eigenvalue weighted by molar-refractivity contribution is 7.99. The molecule has 1 aliphatic heterocycles. The highest BCUT2D eigenvalue weighted by Crippen LogP contribution is 2.22. The fraction of sp³-hybridized carbons (Fsp3) is 0.350. The van der Waals surface area contributed by atoms with Crippen LogP contribution >= 0.6 is 11.8 Å². The van der Waals surface area contributed by atoms with Crippen molar-refractivity contribution >= 4 is 27.7 Å². The maximum absolute atomic E-state index is 12.7. The summed E-state index contributed by atoms with van der Waals surface area (Å²) in [5.41, 5.74) is 1.20. The van der Waals surface area contributed by atoms with Crippen molar-refractivity contribution in [3.05, 3.63) is 66.2 Å². The number of hydrogen-bond acceptors (Lipinski definition) is 4. The van der Waals surface area contributed by atoms with Crippen LogP contribution in [0.1, 0.15) is 12.5 Å². The summed E-state index contributed by atoms with van der Waals surface area (Å²) in [6, 6.07) is 18.5. The quantitative estimate of drug-likeness (QED) is 0.743. The summed E-state index contributed by atoms with van der Waals surface area (Å²) < 4.78 is 26.8. The maximum Gasteiger partial charge on any atom is 0.243 e. The summed E-state index contributed by atoms with van der Waals surface area (Å²) in [5, 5.41) is -0.150. The molecule has 0 aromatic heterocycles. The number of benzene rings is 2. The highest BCUT2D eigenvalue weighted by Gasteiger charge is 2.31. The van der Waals surface area contributed by atoms with E-state index in [0.717, 1.165) is 5.75 Å². The number of sulfonamides is 1. The van der Waals surface area contributed by atoms with Crippen LogP contribution in [0, 0.1) is 0 Å². The van der Waals surface area contributed by atoms with Crippen LogP contribution in [0.2, 0.25) is 0 Å². The number of nitrogens with zero attached hydrogens (tertiary/aromatic N) is 2. The third-order valence-corrected chi connectivity index (χ3v) is 7.74. The molecule has 0 saturated carbocycles. The number of hydrogen-bond donors (Lipinski definition) is 0. The van der Waals surface area contributed by atoms with Crippen molar-refractivity contribution in [2.45, 2.75) is 22.8 Å². The summed E-state index contributed by atoms with van der Waals surface area (Å²) in [7, 11) is -3.49. The normalized spacial score (nSPS) is 16.9. The Balaban J connectivity index is 1.53. The molecule has 7 heteroatoms. The highest BCUT2D eigenvalue weighted by atomic mass is 32.2. The summed E-state index contributed by atoms with van der Waals surface area (Å²) in [4.78, 5) is 14.8. The zero-order valence-electron chi connectivity index (χ0n) is 15.3. The summed E-state index contributed by atoms with van der Waals surface area (Å²) >= 11 is 1.61. The first-order valence-corrected chi connectivity index (χ1v) is 11.5. The lowest BCUT2D eigenvalue weighted by Crippen LogP contribution is -2.52. The minimum absolute atomic E-state index is 0.0766. The molecular weight excluding hydrogens is 380 g/mol. The molecule has 2 aromatic rings.